The first-order chi connectivity index (χ1) is 15.9. The number of carbonyl (C=O) groups is 1. The van der Waals surface area contributed by atoms with Gasteiger partial charge in [0.15, 0.2) is 16.9 Å². The van der Waals surface area contributed by atoms with Crippen LogP contribution >= 0.6 is 0 Å². The van der Waals surface area contributed by atoms with Crippen molar-refractivity contribution in [2.45, 2.75) is 13.0 Å². The highest BCUT2D eigenvalue weighted by Crippen LogP contribution is 2.42. The zero-order valence-corrected chi connectivity index (χ0v) is 18.1. The SMILES string of the molecule is COc1ccc(C2c3c(oc4ccc(F)cc4c3=O)C(=O)N2c2ccc(C)cn2)cc1OC. The molecule has 3 heterocycles. The van der Waals surface area contributed by atoms with Crippen molar-refractivity contribution in [1.82, 2.24) is 4.98 Å². The minimum Gasteiger partial charge on any atom is -0.493 e. The number of anilines is 1. The highest BCUT2D eigenvalue weighted by atomic mass is 19.1. The normalized spacial score (nSPS) is 15.1. The van der Waals surface area contributed by atoms with Crippen LogP contribution in [0.15, 0.2) is 63.9 Å². The molecule has 0 fully saturated rings. The highest BCUT2D eigenvalue weighted by molar-refractivity contribution is 6.10. The van der Waals surface area contributed by atoms with Crippen LogP contribution in [-0.4, -0.2) is 25.1 Å². The third-order valence-electron chi connectivity index (χ3n) is 5.70. The van der Waals surface area contributed by atoms with Crippen molar-refractivity contribution in [2.24, 2.45) is 0 Å². The van der Waals surface area contributed by atoms with Crippen molar-refractivity contribution in [3.05, 3.63) is 93.2 Å². The molecule has 0 aliphatic carbocycles. The smallest absolute Gasteiger partial charge is 0.296 e. The quantitative estimate of drug-likeness (QED) is 0.462. The summed E-state index contributed by atoms with van der Waals surface area (Å²) in [6, 6.07) is 11.4. The molecule has 0 radical (unpaired) electrons. The second kappa shape index (κ2) is 7.74. The molecule has 33 heavy (non-hydrogen) atoms. The molecule has 1 unspecified atom stereocenters. The van der Waals surface area contributed by atoms with Gasteiger partial charge in [-0.05, 0) is 54.4 Å². The Balaban J connectivity index is 1.81. The molecule has 2 aromatic heterocycles. The summed E-state index contributed by atoms with van der Waals surface area (Å²) in [7, 11) is 3.02. The van der Waals surface area contributed by atoms with Gasteiger partial charge in [0.1, 0.15) is 17.2 Å². The van der Waals surface area contributed by atoms with Crippen molar-refractivity contribution in [2.75, 3.05) is 19.1 Å². The molecule has 1 atom stereocenters. The second-order valence-electron chi connectivity index (χ2n) is 7.70. The fourth-order valence-electron chi connectivity index (χ4n) is 4.12. The van der Waals surface area contributed by atoms with Crippen molar-refractivity contribution >= 4 is 22.7 Å². The number of carbonyl (C=O) groups excluding carboxylic acids is 1. The highest BCUT2D eigenvalue weighted by Gasteiger charge is 2.44. The van der Waals surface area contributed by atoms with Gasteiger partial charge in [0.05, 0.1) is 31.2 Å². The maximum atomic E-state index is 13.9. The molecule has 166 valence electrons. The van der Waals surface area contributed by atoms with Crippen LogP contribution in [0.3, 0.4) is 0 Å². The first-order valence-electron chi connectivity index (χ1n) is 10.2. The Morgan fingerprint density at radius 3 is 2.48 bits per heavy atom. The van der Waals surface area contributed by atoms with Crippen molar-refractivity contribution in [1.29, 1.82) is 0 Å². The van der Waals surface area contributed by atoms with Gasteiger partial charge >= 0.3 is 0 Å². The number of pyridine rings is 1. The predicted molar refractivity (Wildman–Crippen MR) is 120 cm³/mol. The zero-order chi connectivity index (χ0) is 23.3. The number of hydrogen-bond acceptors (Lipinski definition) is 6. The molecular formula is C25H19FN2O5. The number of amides is 1. The van der Waals surface area contributed by atoms with Gasteiger partial charge in [-0.15, -0.1) is 0 Å². The number of benzene rings is 2. The summed E-state index contributed by atoms with van der Waals surface area (Å²) < 4.78 is 30.5. The van der Waals surface area contributed by atoms with Crippen LogP contribution in [-0.2, 0) is 0 Å². The predicted octanol–water partition coefficient (Wildman–Crippen LogP) is 4.40. The topological polar surface area (TPSA) is 81.9 Å². The van der Waals surface area contributed by atoms with E-state index in [1.807, 2.05) is 13.0 Å². The third kappa shape index (κ3) is 3.22. The summed E-state index contributed by atoms with van der Waals surface area (Å²) in [5.41, 5.74) is 1.28. The number of fused-ring (bicyclic) bond motifs is 2. The Labute approximate surface area is 188 Å². The average molecular weight is 446 g/mol. The summed E-state index contributed by atoms with van der Waals surface area (Å²) in [6.45, 7) is 1.88. The van der Waals surface area contributed by atoms with Crippen LogP contribution in [0, 0.1) is 12.7 Å². The number of halogens is 1. The number of ether oxygens (including phenoxy) is 2. The van der Waals surface area contributed by atoms with Gasteiger partial charge in [0.2, 0.25) is 5.76 Å². The van der Waals surface area contributed by atoms with E-state index in [2.05, 4.69) is 4.98 Å². The second-order valence-corrected chi connectivity index (χ2v) is 7.70. The van der Waals surface area contributed by atoms with Crippen LogP contribution in [0.1, 0.15) is 33.3 Å². The van der Waals surface area contributed by atoms with E-state index in [9.17, 15) is 14.0 Å². The van der Waals surface area contributed by atoms with Crippen molar-refractivity contribution in [3.8, 4) is 11.5 Å². The Morgan fingerprint density at radius 1 is 1.00 bits per heavy atom. The van der Waals surface area contributed by atoms with Gasteiger partial charge in [-0.2, -0.15) is 0 Å². The van der Waals surface area contributed by atoms with Gasteiger partial charge in [-0.25, -0.2) is 9.37 Å². The number of methoxy groups -OCH3 is 2. The summed E-state index contributed by atoms with van der Waals surface area (Å²) in [5, 5.41) is 0.0609. The number of nitrogens with zero attached hydrogens (tertiary/aromatic N) is 2. The molecule has 0 saturated carbocycles. The molecule has 0 spiro atoms. The van der Waals surface area contributed by atoms with Gasteiger partial charge in [-0.1, -0.05) is 12.1 Å². The lowest BCUT2D eigenvalue weighted by Gasteiger charge is -2.25. The average Bonchev–Trinajstić information content (AvgIpc) is 3.12. The Hall–Kier alpha value is -4.20. The monoisotopic (exact) mass is 446 g/mol. The van der Waals surface area contributed by atoms with Crippen LogP contribution in [0.25, 0.3) is 11.0 Å². The van der Waals surface area contributed by atoms with Gasteiger partial charge < -0.3 is 13.9 Å². The maximum Gasteiger partial charge on any atom is 0.296 e. The molecule has 0 saturated heterocycles. The van der Waals surface area contributed by atoms with Crippen LogP contribution in [0.5, 0.6) is 11.5 Å². The molecule has 0 N–H and O–H groups in total. The number of aryl methyl sites for hydroxylation is 1. The minimum absolute atomic E-state index is 0.0609. The lowest BCUT2D eigenvalue weighted by atomic mass is 9.98. The first kappa shape index (κ1) is 20.7. The third-order valence-corrected chi connectivity index (χ3v) is 5.70. The van der Waals surface area contributed by atoms with E-state index in [0.717, 1.165) is 11.6 Å². The van der Waals surface area contributed by atoms with Crippen molar-refractivity contribution in [3.63, 3.8) is 0 Å². The lowest BCUT2D eigenvalue weighted by molar-refractivity contribution is 0.0970. The fraction of sp³-hybridized carbons (Fsp3) is 0.160. The van der Waals surface area contributed by atoms with E-state index in [4.69, 9.17) is 13.9 Å². The minimum atomic E-state index is -0.855. The molecule has 1 aliphatic rings. The first-order valence-corrected chi connectivity index (χ1v) is 10.2. The summed E-state index contributed by atoms with van der Waals surface area (Å²) in [5.74, 6) is 0.110. The molecular weight excluding hydrogens is 427 g/mol. The summed E-state index contributed by atoms with van der Waals surface area (Å²) in [6.07, 6.45) is 1.64. The van der Waals surface area contributed by atoms with Crippen LogP contribution in [0.2, 0.25) is 0 Å². The zero-order valence-electron chi connectivity index (χ0n) is 18.1. The van der Waals surface area contributed by atoms with Gasteiger partial charge in [0.25, 0.3) is 5.91 Å². The van der Waals surface area contributed by atoms with Gasteiger partial charge in [0, 0.05) is 6.20 Å². The molecule has 8 heteroatoms. The molecule has 5 rings (SSSR count). The van der Waals surface area contributed by atoms with E-state index in [-0.39, 0.29) is 22.3 Å². The molecule has 1 aliphatic heterocycles. The van der Waals surface area contributed by atoms with E-state index in [0.29, 0.717) is 22.9 Å². The van der Waals surface area contributed by atoms with Crippen LogP contribution in [0.4, 0.5) is 10.2 Å². The lowest BCUT2D eigenvalue weighted by Crippen LogP contribution is -2.30. The van der Waals surface area contributed by atoms with Crippen LogP contribution < -0.4 is 19.8 Å². The molecule has 1 amide bonds. The number of hydrogen-bond donors (Lipinski definition) is 0. The Kier molecular flexibility index (Phi) is 4.85. The summed E-state index contributed by atoms with van der Waals surface area (Å²) >= 11 is 0. The maximum absolute atomic E-state index is 13.9. The Morgan fingerprint density at radius 2 is 1.79 bits per heavy atom. The van der Waals surface area contributed by atoms with E-state index in [1.165, 1.54) is 31.3 Å². The molecule has 2 aromatic carbocycles. The summed E-state index contributed by atoms with van der Waals surface area (Å²) in [4.78, 5) is 32.9. The van der Waals surface area contributed by atoms with E-state index >= 15 is 0 Å². The van der Waals surface area contributed by atoms with E-state index < -0.39 is 23.2 Å². The largest absolute Gasteiger partial charge is 0.493 e. The van der Waals surface area contributed by atoms with Crippen molar-refractivity contribution < 1.29 is 23.1 Å². The van der Waals surface area contributed by atoms with Gasteiger partial charge in [-0.3, -0.25) is 14.5 Å². The number of rotatable bonds is 4. The molecule has 0 bridgehead atoms. The molecule has 7 nitrogen and oxygen atoms in total. The fourth-order valence-corrected chi connectivity index (χ4v) is 4.12. The van der Waals surface area contributed by atoms with E-state index in [1.54, 1.807) is 30.5 Å². The standard InChI is InChI=1S/C25H19FN2O5/c1-13-4-9-20(27-12-13)28-22(14-5-7-18(31-2)19(10-14)32-3)21-23(29)16-11-15(26)6-8-17(16)33-24(21)25(28)30/h4-12,22H,1-3H3. The Bertz CT molecular complexity index is 1460. The molecule has 4 aromatic rings. The number of aromatic nitrogens is 1.